The molecule has 0 aliphatic rings. The van der Waals surface area contributed by atoms with Crippen LogP contribution in [-0.4, -0.2) is 9.97 Å². The molecule has 0 spiro atoms. The third-order valence-corrected chi connectivity index (χ3v) is 3.84. The quantitative estimate of drug-likeness (QED) is 0.652. The fourth-order valence-electron chi connectivity index (χ4n) is 2.24. The smallest absolute Gasteiger partial charge is 0.229 e. The lowest BCUT2D eigenvalue weighted by Gasteiger charge is -2.11. The number of rotatable bonds is 4. The van der Waals surface area contributed by atoms with E-state index in [1.54, 1.807) is 0 Å². The fourth-order valence-corrected chi connectivity index (χ4v) is 2.64. The van der Waals surface area contributed by atoms with E-state index in [-0.39, 0.29) is 0 Å². The van der Waals surface area contributed by atoms with Crippen molar-refractivity contribution < 1.29 is 0 Å². The summed E-state index contributed by atoms with van der Waals surface area (Å²) in [6, 6.07) is 18.0. The van der Waals surface area contributed by atoms with Crippen LogP contribution in [0.1, 0.15) is 11.3 Å². The molecule has 0 atom stereocenters. The van der Waals surface area contributed by atoms with E-state index in [9.17, 15) is 0 Å². The standard InChI is InChI=1S/C18H17BrN4/c1-12-6-3-4-9-16(12)22-18-20-13(2)10-17(23-18)21-15-8-5-7-14(19)11-15/h3-11H,1-2H3,(H2,20,21,22,23). The Labute approximate surface area is 144 Å². The van der Waals surface area contributed by atoms with Gasteiger partial charge in [-0.1, -0.05) is 40.2 Å². The maximum atomic E-state index is 4.55. The van der Waals surface area contributed by atoms with Gasteiger partial charge in [-0.15, -0.1) is 0 Å². The van der Waals surface area contributed by atoms with Gasteiger partial charge in [-0.2, -0.15) is 4.98 Å². The number of hydrogen-bond donors (Lipinski definition) is 2. The second kappa shape index (κ2) is 6.79. The molecule has 2 aromatic carbocycles. The Balaban J connectivity index is 1.86. The highest BCUT2D eigenvalue weighted by molar-refractivity contribution is 9.10. The zero-order valence-corrected chi connectivity index (χ0v) is 14.6. The first-order valence-electron chi connectivity index (χ1n) is 7.31. The number of nitrogens with zero attached hydrogens (tertiary/aromatic N) is 2. The van der Waals surface area contributed by atoms with E-state index in [1.165, 1.54) is 0 Å². The number of aryl methyl sites for hydroxylation is 2. The highest BCUT2D eigenvalue weighted by Gasteiger charge is 2.05. The molecule has 4 nitrogen and oxygen atoms in total. The van der Waals surface area contributed by atoms with Crippen molar-refractivity contribution >= 4 is 39.1 Å². The topological polar surface area (TPSA) is 49.8 Å². The summed E-state index contributed by atoms with van der Waals surface area (Å²) in [6.45, 7) is 4.01. The Morgan fingerprint density at radius 1 is 0.870 bits per heavy atom. The van der Waals surface area contributed by atoms with Crippen molar-refractivity contribution in [1.29, 1.82) is 0 Å². The van der Waals surface area contributed by atoms with E-state index in [1.807, 2.05) is 55.5 Å². The van der Waals surface area contributed by atoms with Crippen LogP contribution < -0.4 is 10.6 Å². The summed E-state index contributed by atoms with van der Waals surface area (Å²) in [6.07, 6.45) is 0. The summed E-state index contributed by atoms with van der Waals surface area (Å²) in [4.78, 5) is 9.00. The van der Waals surface area contributed by atoms with Gasteiger partial charge in [-0.25, -0.2) is 4.98 Å². The van der Waals surface area contributed by atoms with Crippen LogP contribution in [0, 0.1) is 13.8 Å². The molecular weight excluding hydrogens is 352 g/mol. The normalized spacial score (nSPS) is 10.4. The average molecular weight is 369 g/mol. The number of benzene rings is 2. The van der Waals surface area contributed by atoms with E-state index in [2.05, 4.69) is 49.5 Å². The predicted molar refractivity (Wildman–Crippen MR) is 98.7 cm³/mol. The highest BCUT2D eigenvalue weighted by Crippen LogP contribution is 2.22. The Morgan fingerprint density at radius 3 is 2.48 bits per heavy atom. The molecule has 116 valence electrons. The van der Waals surface area contributed by atoms with Crippen molar-refractivity contribution in [3.05, 3.63) is 70.3 Å². The summed E-state index contributed by atoms with van der Waals surface area (Å²) in [5.41, 5.74) is 4.03. The molecule has 0 saturated carbocycles. The summed E-state index contributed by atoms with van der Waals surface area (Å²) < 4.78 is 1.02. The Hall–Kier alpha value is -2.40. The van der Waals surface area contributed by atoms with Crippen LogP contribution in [0.3, 0.4) is 0 Å². The van der Waals surface area contributed by atoms with Gasteiger partial charge in [-0.05, 0) is 43.7 Å². The zero-order chi connectivity index (χ0) is 16.2. The van der Waals surface area contributed by atoms with Gasteiger partial charge in [0, 0.05) is 27.6 Å². The van der Waals surface area contributed by atoms with E-state index >= 15 is 0 Å². The van der Waals surface area contributed by atoms with Gasteiger partial charge in [-0.3, -0.25) is 0 Å². The third kappa shape index (κ3) is 4.07. The molecule has 0 radical (unpaired) electrons. The van der Waals surface area contributed by atoms with Crippen molar-refractivity contribution in [3.63, 3.8) is 0 Å². The lowest BCUT2D eigenvalue weighted by Crippen LogP contribution is -2.03. The van der Waals surface area contributed by atoms with Crippen molar-refractivity contribution in [2.45, 2.75) is 13.8 Å². The summed E-state index contributed by atoms with van der Waals surface area (Å²) in [7, 11) is 0. The summed E-state index contributed by atoms with van der Waals surface area (Å²) in [5, 5.41) is 6.58. The molecule has 3 rings (SSSR count). The van der Waals surface area contributed by atoms with Gasteiger partial charge in [0.05, 0.1) is 0 Å². The summed E-state index contributed by atoms with van der Waals surface area (Å²) in [5.74, 6) is 1.34. The molecule has 2 N–H and O–H groups in total. The van der Waals surface area contributed by atoms with Gasteiger partial charge in [0.15, 0.2) is 0 Å². The molecule has 0 aliphatic heterocycles. The molecule has 5 heteroatoms. The Kier molecular flexibility index (Phi) is 4.57. The molecule has 1 heterocycles. The van der Waals surface area contributed by atoms with Crippen LogP contribution in [0.5, 0.6) is 0 Å². The van der Waals surface area contributed by atoms with Crippen LogP contribution in [0.15, 0.2) is 59.1 Å². The van der Waals surface area contributed by atoms with Crippen molar-refractivity contribution in [3.8, 4) is 0 Å². The molecular formula is C18H17BrN4. The van der Waals surface area contributed by atoms with Gasteiger partial charge < -0.3 is 10.6 Å². The van der Waals surface area contributed by atoms with E-state index in [0.29, 0.717) is 5.95 Å². The second-order valence-corrected chi connectivity index (χ2v) is 6.21. The maximum absolute atomic E-state index is 4.55. The van der Waals surface area contributed by atoms with Crippen molar-refractivity contribution in [2.24, 2.45) is 0 Å². The van der Waals surface area contributed by atoms with Crippen molar-refractivity contribution in [1.82, 2.24) is 9.97 Å². The molecule has 0 amide bonds. The van der Waals surface area contributed by atoms with Crippen LogP contribution in [0.25, 0.3) is 0 Å². The number of para-hydroxylation sites is 1. The molecule has 0 unspecified atom stereocenters. The first-order valence-corrected chi connectivity index (χ1v) is 8.10. The number of halogens is 1. The minimum Gasteiger partial charge on any atom is -0.340 e. The van der Waals surface area contributed by atoms with Gasteiger partial charge >= 0.3 is 0 Å². The monoisotopic (exact) mass is 368 g/mol. The summed E-state index contributed by atoms with van der Waals surface area (Å²) >= 11 is 3.47. The number of aromatic nitrogens is 2. The molecule has 23 heavy (non-hydrogen) atoms. The molecule has 1 aromatic heterocycles. The van der Waals surface area contributed by atoms with Crippen LogP contribution in [0.2, 0.25) is 0 Å². The van der Waals surface area contributed by atoms with Gasteiger partial charge in [0.2, 0.25) is 5.95 Å². The maximum Gasteiger partial charge on any atom is 0.229 e. The zero-order valence-electron chi connectivity index (χ0n) is 13.0. The van der Waals surface area contributed by atoms with Gasteiger partial charge in [0.1, 0.15) is 5.82 Å². The third-order valence-electron chi connectivity index (χ3n) is 3.34. The predicted octanol–water partition coefficient (Wildman–Crippen LogP) is 5.34. The first kappa shape index (κ1) is 15.5. The van der Waals surface area contributed by atoms with Crippen LogP contribution in [0.4, 0.5) is 23.1 Å². The van der Waals surface area contributed by atoms with E-state index in [0.717, 1.165) is 32.9 Å². The van der Waals surface area contributed by atoms with Gasteiger partial charge in [0.25, 0.3) is 0 Å². The number of anilines is 4. The largest absolute Gasteiger partial charge is 0.340 e. The SMILES string of the molecule is Cc1cc(Nc2cccc(Br)c2)nc(Nc2ccccc2C)n1. The van der Waals surface area contributed by atoms with Crippen molar-refractivity contribution in [2.75, 3.05) is 10.6 Å². The lowest BCUT2D eigenvalue weighted by molar-refractivity contribution is 1.10. The molecule has 0 bridgehead atoms. The van der Waals surface area contributed by atoms with Crippen LogP contribution in [-0.2, 0) is 0 Å². The fraction of sp³-hybridized carbons (Fsp3) is 0.111. The molecule has 0 aliphatic carbocycles. The molecule has 0 fully saturated rings. The van der Waals surface area contributed by atoms with Crippen LogP contribution >= 0.6 is 15.9 Å². The Bertz CT molecular complexity index is 833. The molecule has 3 aromatic rings. The minimum atomic E-state index is 0.580. The second-order valence-electron chi connectivity index (χ2n) is 5.29. The number of nitrogens with one attached hydrogen (secondary N) is 2. The minimum absolute atomic E-state index is 0.580. The van der Waals surface area contributed by atoms with E-state index in [4.69, 9.17) is 0 Å². The number of hydrogen-bond acceptors (Lipinski definition) is 4. The highest BCUT2D eigenvalue weighted by atomic mass is 79.9. The van der Waals surface area contributed by atoms with E-state index < -0.39 is 0 Å². The Morgan fingerprint density at radius 2 is 1.70 bits per heavy atom. The first-order chi connectivity index (χ1) is 11.1. The average Bonchev–Trinajstić information content (AvgIpc) is 2.49. The lowest BCUT2D eigenvalue weighted by atomic mass is 10.2. The molecule has 0 saturated heterocycles.